The van der Waals surface area contributed by atoms with Gasteiger partial charge in [-0.1, -0.05) is 140 Å². The van der Waals surface area contributed by atoms with E-state index in [9.17, 15) is 0 Å². The molecule has 0 N–H and O–H groups in total. The van der Waals surface area contributed by atoms with Crippen molar-refractivity contribution in [3.8, 4) is 67.0 Å². The topological polar surface area (TPSA) is 25.8 Å². The first-order valence-corrected chi connectivity index (χ1v) is 19.2. The maximum atomic E-state index is 4.91. The summed E-state index contributed by atoms with van der Waals surface area (Å²) >= 11 is 0. The van der Waals surface area contributed by atoms with Crippen LogP contribution in [0.3, 0.4) is 0 Å². The molecular formula is C44H38N2Si. The van der Waals surface area contributed by atoms with Gasteiger partial charge in [0.1, 0.15) is 0 Å². The molecule has 0 atom stereocenters. The van der Waals surface area contributed by atoms with E-state index in [4.69, 9.17) is 9.97 Å². The van der Waals surface area contributed by atoms with Crippen LogP contribution in [-0.4, -0.2) is 18.8 Å². The van der Waals surface area contributed by atoms with Gasteiger partial charge in [0.05, 0.1) is 20.2 Å². The van der Waals surface area contributed by atoms with Crippen LogP contribution in [0.5, 0.6) is 0 Å². The minimum atomic E-state index is -1.14. The zero-order valence-electron chi connectivity index (χ0n) is 27.4. The monoisotopic (exact) mass is 622 g/mol. The van der Waals surface area contributed by atoms with Gasteiger partial charge >= 0.3 is 0 Å². The van der Waals surface area contributed by atoms with Gasteiger partial charge in [0.25, 0.3) is 0 Å². The van der Waals surface area contributed by atoms with Gasteiger partial charge in [-0.2, -0.15) is 0 Å². The molecule has 0 aliphatic rings. The number of aryl methyl sites for hydroxylation is 2. The van der Waals surface area contributed by atoms with Gasteiger partial charge in [0.2, 0.25) is 0 Å². The standard InChI is InChI=1S/C44H38N2Si/c1-30-23-43(32-15-7-5-8-16-32)45-28-41(30)39-21-13-11-19-37(39)34-25-35(27-36(26-34)47(3)4)38-20-12-14-22-40(38)42-29-46-44(24-31(42)2)33-17-9-6-10-18-33/h5-29,47H,1-4H3. The first-order valence-electron chi connectivity index (χ1n) is 16.3. The molecule has 0 radical (unpaired) electrons. The summed E-state index contributed by atoms with van der Waals surface area (Å²) in [5.41, 5.74) is 16.4. The van der Waals surface area contributed by atoms with Crippen LogP contribution in [0, 0.1) is 13.8 Å². The second-order valence-electron chi connectivity index (χ2n) is 12.6. The summed E-state index contributed by atoms with van der Waals surface area (Å²) in [5, 5.41) is 1.45. The smallest absolute Gasteiger partial charge is 0.0705 e. The third-order valence-corrected chi connectivity index (χ3v) is 10.7. The molecule has 7 aromatic rings. The van der Waals surface area contributed by atoms with E-state index in [0.29, 0.717) is 0 Å². The molecule has 0 saturated carbocycles. The van der Waals surface area contributed by atoms with E-state index in [1.807, 2.05) is 24.5 Å². The molecule has 2 aromatic heterocycles. The van der Waals surface area contributed by atoms with Crippen LogP contribution in [-0.2, 0) is 0 Å². The van der Waals surface area contributed by atoms with E-state index in [1.54, 1.807) is 0 Å². The molecule has 2 nitrogen and oxygen atoms in total. The average Bonchev–Trinajstić information content (AvgIpc) is 3.12. The van der Waals surface area contributed by atoms with E-state index in [2.05, 4.69) is 154 Å². The molecule has 5 aromatic carbocycles. The zero-order valence-corrected chi connectivity index (χ0v) is 28.6. The van der Waals surface area contributed by atoms with E-state index in [-0.39, 0.29) is 0 Å². The average molecular weight is 623 g/mol. The number of hydrogen-bond donors (Lipinski definition) is 0. The SMILES string of the molecule is Cc1cc(-c2ccccc2)ncc1-c1ccccc1-c1cc(-c2ccccc2-c2cnc(-c3ccccc3)cc2C)cc([SiH](C)C)c1. The quantitative estimate of drug-likeness (QED) is 0.165. The summed E-state index contributed by atoms with van der Waals surface area (Å²) in [7, 11) is -1.14. The van der Waals surface area contributed by atoms with E-state index < -0.39 is 8.80 Å². The van der Waals surface area contributed by atoms with Crippen LogP contribution >= 0.6 is 0 Å². The highest BCUT2D eigenvalue weighted by atomic mass is 28.3. The molecule has 3 heteroatoms. The van der Waals surface area contributed by atoms with E-state index in [0.717, 1.165) is 33.6 Å². The van der Waals surface area contributed by atoms with Crippen molar-refractivity contribution in [3.05, 3.63) is 163 Å². The lowest BCUT2D eigenvalue weighted by Crippen LogP contribution is -2.22. The lowest BCUT2D eigenvalue weighted by molar-refractivity contribution is 1.29. The highest BCUT2D eigenvalue weighted by Crippen LogP contribution is 2.39. The minimum Gasteiger partial charge on any atom is -0.256 e. The Morgan fingerprint density at radius 2 is 0.766 bits per heavy atom. The predicted octanol–water partition coefficient (Wildman–Crippen LogP) is 10.8. The van der Waals surface area contributed by atoms with Crippen molar-refractivity contribution in [2.24, 2.45) is 0 Å². The van der Waals surface area contributed by atoms with Crippen LogP contribution in [0.1, 0.15) is 11.1 Å². The lowest BCUT2D eigenvalue weighted by atomic mass is 9.89. The van der Waals surface area contributed by atoms with Gasteiger partial charge < -0.3 is 0 Å². The number of nitrogens with zero attached hydrogens (tertiary/aromatic N) is 2. The molecule has 0 spiro atoms. The van der Waals surface area contributed by atoms with Crippen molar-refractivity contribution in [2.75, 3.05) is 0 Å². The summed E-state index contributed by atoms with van der Waals surface area (Å²) in [5.74, 6) is 0. The minimum absolute atomic E-state index is 0.998. The Labute approximate surface area is 280 Å². The Bertz CT molecular complexity index is 2040. The highest BCUT2D eigenvalue weighted by Gasteiger charge is 2.17. The molecular weight excluding hydrogens is 585 g/mol. The number of benzene rings is 5. The third-order valence-electron chi connectivity index (χ3n) is 9.04. The van der Waals surface area contributed by atoms with Crippen molar-refractivity contribution in [3.63, 3.8) is 0 Å². The summed E-state index contributed by atoms with van der Waals surface area (Å²) in [6, 6.07) is 50.0. The number of aromatic nitrogens is 2. The Balaban J connectivity index is 1.33. The van der Waals surface area contributed by atoms with E-state index >= 15 is 0 Å². The van der Waals surface area contributed by atoms with Crippen LogP contribution in [0.2, 0.25) is 13.1 Å². The Morgan fingerprint density at radius 1 is 0.383 bits per heavy atom. The molecule has 228 valence electrons. The zero-order chi connectivity index (χ0) is 32.3. The fraction of sp³-hybridized carbons (Fsp3) is 0.0909. The molecule has 0 aliphatic heterocycles. The molecule has 7 rings (SSSR count). The summed E-state index contributed by atoms with van der Waals surface area (Å²) in [4.78, 5) is 9.82. The van der Waals surface area contributed by atoms with Gasteiger partial charge in [-0.3, -0.25) is 9.97 Å². The largest absolute Gasteiger partial charge is 0.256 e. The Morgan fingerprint density at radius 3 is 1.15 bits per heavy atom. The van der Waals surface area contributed by atoms with Gasteiger partial charge in [0.15, 0.2) is 0 Å². The van der Waals surface area contributed by atoms with E-state index in [1.165, 1.54) is 49.7 Å². The summed E-state index contributed by atoms with van der Waals surface area (Å²) in [6.07, 6.45) is 4.09. The summed E-state index contributed by atoms with van der Waals surface area (Å²) < 4.78 is 0. The molecule has 0 amide bonds. The fourth-order valence-corrected chi connectivity index (χ4v) is 7.47. The molecule has 0 fully saturated rings. The molecule has 47 heavy (non-hydrogen) atoms. The van der Waals surface area contributed by atoms with Gasteiger partial charge in [-0.15, -0.1) is 0 Å². The summed E-state index contributed by atoms with van der Waals surface area (Å²) in [6.45, 7) is 9.21. The fourth-order valence-electron chi connectivity index (χ4n) is 6.44. The first-order chi connectivity index (χ1) is 23.0. The molecule has 0 bridgehead atoms. The van der Waals surface area contributed by atoms with Crippen molar-refractivity contribution >= 4 is 14.0 Å². The molecule has 0 unspecified atom stereocenters. The normalized spacial score (nSPS) is 11.2. The molecule has 2 heterocycles. The molecule has 0 aliphatic carbocycles. The van der Waals surface area contributed by atoms with Crippen LogP contribution in [0.25, 0.3) is 67.0 Å². The Kier molecular flexibility index (Phi) is 8.47. The predicted molar refractivity (Wildman–Crippen MR) is 203 cm³/mol. The van der Waals surface area contributed by atoms with Crippen LogP contribution in [0.15, 0.2) is 152 Å². The van der Waals surface area contributed by atoms with Crippen molar-refractivity contribution in [1.29, 1.82) is 0 Å². The first kappa shape index (κ1) is 30.3. The lowest BCUT2D eigenvalue weighted by Gasteiger charge is -2.18. The second-order valence-corrected chi connectivity index (χ2v) is 15.6. The van der Waals surface area contributed by atoms with Crippen LogP contribution in [0.4, 0.5) is 0 Å². The third kappa shape index (κ3) is 6.23. The maximum Gasteiger partial charge on any atom is 0.0705 e. The van der Waals surface area contributed by atoms with Crippen LogP contribution < -0.4 is 5.19 Å². The van der Waals surface area contributed by atoms with Crippen molar-refractivity contribution in [1.82, 2.24) is 9.97 Å². The van der Waals surface area contributed by atoms with Gasteiger partial charge in [0, 0.05) is 34.6 Å². The van der Waals surface area contributed by atoms with Crippen molar-refractivity contribution in [2.45, 2.75) is 26.9 Å². The van der Waals surface area contributed by atoms with Gasteiger partial charge in [-0.05, 0) is 76.6 Å². The second kappa shape index (κ2) is 13.2. The Hall–Kier alpha value is -5.38. The number of pyridine rings is 2. The molecule has 0 saturated heterocycles. The van der Waals surface area contributed by atoms with Gasteiger partial charge in [-0.25, -0.2) is 0 Å². The number of rotatable bonds is 7. The highest BCUT2D eigenvalue weighted by molar-refractivity contribution is 6.71. The number of hydrogen-bond acceptors (Lipinski definition) is 2. The van der Waals surface area contributed by atoms with Crippen molar-refractivity contribution < 1.29 is 0 Å². The maximum absolute atomic E-state index is 4.91.